The Kier molecular flexibility index (Phi) is 4.32. The lowest BCUT2D eigenvalue weighted by Gasteiger charge is -2.20. The van der Waals surface area contributed by atoms with E-state index in [2.05, 4.69) is 49.5 Å². The van der Waals surface area contributed by atoms with E-state index >= 15 is 0 Å². The van der Waals surface area contributed by atoms with Crippen LogP contribution in [-0.2, 0) is 6.54 Å². The van der Waals surface area contributed by atoms with Crippen LogP contribution in [0.1, 0.15) is 26.5 Å². The van der Waals surface area contributed by atoms with Crippen molar-refractivity contribution in [3.8, 4) is 11.3 Å². The Morgan fingerprint density at radius 2 is 2.00 bits per heavy atom. The number of oxazole rings is 1. The molecular weight excluding hydrogens is 256 g/mol. The molecule has 0 radical (unpaired) electrons. The third-order valence-electron chi connectivity index (χ3n) is 2.78. The lowest BCUT2D eigenvalue weighted by atomic mass is 10.1. The molecule has 0 atom stereocenters. The summed E-state index contributed by atoms with van der Waals surface area (Å²) in [6.07, 6.45) is 3.59. The van der Waals surface area contributed by atoms with E-state index in [1.54, 1.807) is 11.8 Å². The van der Waals surface area contributed by atoms with Crippen LogP contribution in [0.5, 0.6) is 0 Å². The van der Waals surface area contributed by atoms with Crippen LogP contribution < -0.4 is 5.32 Å². The van der Waals surface area contributed by atoms with Gasteiger partial charge in [0.2, 0.25) is 0 Å². The highest BCUT2D eigenvalue weighted by Gasteiger charge is 2.16. The molecule has 1 aromatic heterocycles. The van der Waals surface area contributed by atoms with Gasteiger partial charge in [-0.3, -0.25) is 0 Å². The number of nitrogens with one attached hydrogen (secondary N) is 1. The van der Waals surface area contributed by atoms with Gasteiger partial charge in [-0.1, -0.05) is 18.2 Å². The number of hydrogen-bond acceptors (Lipinski definition) is 4. The quantitative estimate of drug-likeness (QED) is 0.858. The van der Waals surface area contributed by atoms with E-state index in [0.29, 0.717) is 6.54 Å². The first kappa shape index (κ1) is 14.2. The Morgan fingerprint density at radius 1 is 1.26 bits per heavy atom. The second kappa shape index (κ2) is 5.80. The SMILES string of the molecule is CSc1ccccc1-c1ocnc1CNC(C)(C)C. The predicted octanol–water partition coefficient (Wildman–Crippen LogP) is 3.95. The fourth-order valence-corrected chi connectivity index (χ4v) is 2.39. The summed E-state index contributed by atoms with van der Waals surface area (Å²) in [5.41, 5.74) is 2.13. The molecule has 2 aromatic rings. The van der Waals surface area contributed by atoms with E-state index in [1.165, 1.54) is 11.3 Å². The minimum atomic E-state index is 0.0647. The van der Waals surface area contributed by atoms with Crippen molar-refractivity contribution in [1.29, 1.82) is 0 Å². The maximum atomic E-state index is 5.59. The van der Waals surface area contributed by atoms with Gasteiger partial charge in [0.1, 0.15) is 5.69 Å². The van der Waals surface area contributed by atoms with Crippen molar-refractivity contribution in [3.63, 3.8) is 0 Å². The van der Waals surface area contributed by atoms with Crippen LogP contribution in [0.2, 0.25) is 0 Å². The first-order valence-electron chi connectivity index (χ1n) is 6.32. The Morgan fingerprint density at radius 3 is 2.68 bits per heavy atom. The maximum absolute atomic E-state index is 5.59. The largest absolute Gasteiger partial charge is 0.443 e. The van der Waals surface area contributed by atoms with Crippen LogP contribution in [0.4, 0.5) is 0 Å². The molecule has 0 saturated carbocycles. The molecule has 0 aliphatic heterocycles. The molecule has 1 aromatic carbocycles. The summed E-state index contributed by atoms with van der Waals surface area (Å²) in [6.45, 7) is 7.13. The zero-order valence-electron chi connectivity index (χ0n) is 11.9. The lowest BCUT2D eigenvalue weighted by Crippen LogP contribution is -2.35. The fourth-order valence-electron chi connectivity index (χ4n) is 1.80. The summed E-state index contributed by atoms with van der Waals surface area (Å²) in [7, 11) is 0. The van der Waals surface area contributed by atoms with Gasteiger partial charge < -0.3 is 9.73 Å². The molecular formula is C15H20N2OS. The van der Waals surface area contributed by atoms with E-state index in [-0.39, 0.29) is 5.54 Å². The Bertz CT molecular complexity index is 543. The molecule has 4 heteroatoms. The average Bonchev–Trinajstić information content (AvgIpc) is 2.83. The maximum Gasteiger partial charge on any atom is 0.181 e. The summed E-state index contributed by atoms with van der Waals surface area (Å²) in [5.74, 6) is 0.863. The standard InChI is InChI=1S/C15H20N2OS/c1-15(2,3)17-9-12-14(18-10-16-12)11-7-5-6-8-13(11)19-4/h5-8,10,17H,9H2,1-4H3. The van der Waals surface area contributed by atoms with Crippen LogP contribution in [0.15, 0.2) is 40.0 Å². The van der Waals surface area contributed by atoms with Crippen molar-refractivity contribution in [3.05, 3.63) is 36.4 Å². The monoisotopic (exact) mass is 276 g/mol. The average molecular weight is 276 g/mol. The summed E-state index contributed by atoms with van der Waals surface area (Å²) in [4.78, 5) is 5.54. The first-order valence-corrected chi connectivity index (χ1v) is 7.54. The van der Waals surface area contributed by atoms with Gasteiger partial charge in [-0.25, -0.2) is 4.98 Å². The van der Waals surface area contributed by atoms with Gasteiger partial charge in [0.25, 0.3) is 0 Å². The summed E-state index contributed by atoms with van der Waals surface area (Å²) >= 11 is 1.72. The first-order chi connectivity index (χ1) is 9.01. The second-order valence-electron chi connectivity index (χ2n) is 5.43. The van der Waals surface area contributed by atoms with E-state index < -0.39 is 0 Å². The van der Waals surface area contributed by atoms with Gasteiger partial charge in [0.15, 0.2) is 12.2 Å². The number of hydrogen-bond donors (Lipinski definition) is 1. The van der Waals surface area contributed by atoms with Crippen molar-refractivity contribution < 1.29 is 4.42 Å². The van der Waals surface area contributed by atoms with Crippen molar-refractivity contribution >= 4 is 11.8 Å². The van der Waals surface area contributed by atoms with Crippen LogP contribution in [0, 0.1) is 0 Å². The summed E-state index contributed by atoms with van der Waals surface area (Å²) in [6, 6.07) is 8.24. The molecule has 0 aliphatic carbocycles. The minimum Gasteiger partial charge on any atom is -0.443 e. The molecule has 102 valence electrons. The van der Waals surface area contributed by atoms with Gasteiger partial charge in [-0.2, -0.15) is 0 Å². The van der Waals surface area contributed by atoms with Crippen molar-refractivity contribution in [2.45, 2.75) is 37.8 Å². The second-order valence-corrected chi connectivity index (χ2v) is 6.28. The van der Waals surface area contributed by atoms with Crippen molar-refractivity contribution in [2.24, 2.45) is 0 Å². The Balaban J connectivity index is 2.29. The highest BCUT2D eigenvalue weighted by atomic mass is 32.2. The third kappa shape index (κ3) is 3.61. The number of nitrogens with zero attached hydrogens (tertiary/aromatic N) is 1. The van der Waals surface area contributed by atoms with Crippen LogP contribution in [0.3, 0.4) is 0 Å². The summed E-state index contributed by atoms with van der Waals surface area (Å²) in [5, 5.41) is 3.44. The van der Waals surface area contributed by atoms with E-state index in [0.717, 1.165) is 17.0 Å². The third-order valence-corrected chi connectivity index (χ3v) is 3.57. The van der Waals surface area contributed by atoms with E-state index in [1.807, 2.05) is 12.1 Å². The molecule has 0 amide bonds. The molecule has 1 N–H and O–H groups in total. The van der Waals surface area contributed by atoms with E-state index in [9.17, 15) is 0 Å². The highest BCUT2D eigenvalue weighted by molar-refractivity contribution is 7.98. The normalized spacial score (nSPS) is 11.8. The van der Waals surface area contributed by atoms with Gasteiger partial charge in [0.05, 0.1) is 0 Å². The van der Waals surface area contributed by atoms with Crippen molar-refractivity contribution in [1.82, 2.24) is 10.3 Å². The van der Waals surface area contributed by atoms with Gasteiger partial charge in [-0.05, 0) is 33.1 Å². The molecule has 0 bridgehead atoms. The molecule has 0 saturated heterocycles. The number of rotatable bonds is 4. The Hall–Kier alpha value is -1.26. The number of aromatic nitrogens is 1. The lowest BCUT2D eigenvalue weighted by molar-refractivity contribution is 0.421. The highest BCUT2D eigenvalue weighted by Crippen LogP contribution is 2.32. The molecule has 19 heavy (non-hydrogen) atoms. The van der Waals surface area contributed by atoms with Gasteiger partial charge in [0, 0.05) is 22.5 Å². The summed E-state index contributed by atoms with van der Waals surface area (Å²) < 4.78 is 5.59. The molecule has 3 nitrogen and oxygen atoms in total. The van der Waals surface area contributed by atoms with Crippen molar-refractivity contribution in [2.75, 3.05) is 6.26 Å². The molecule has 0 fully saturated rings. The van der Waals surface area contributed by atoms with Crippen LogP contribution in [0.25, 0.3) is 11.3 Å². The molecule has 0 spiro atoms. The van der Waals surface area contributed by atoms with Gasteiger partial charge in [-0.15, -0.1) is 11.8 Å². The Labute approximate surface area is 118 Å². The zero-order chi connectivity index (χ0) is 13.9. The molecule has 2 rings (SSSR count). The van der Waals surface area contributed by atoms with Crippen LogP contribution >= 0.6 is 11.8 Å². The topological polar surface area (TPSA) is 38.1 Å². The molecule has 0 aliphatic rings. The van der Waals surface area contributed by atoms with Gasteiger partial charge >= 0.3 is 0 Å². The predicted molar refractivity (Wildman–Crippen MR) is 80.3 cm³/mol. The molecule has 1 heterocycles. The van der Waals surface area contributed by atoms with Crippen LogP contribution in [-0.4, -0.2) is 16.8 Å². The minimum absolute atomic E-state index is 0.0647. The number of benzene rings is 1. The fraction of sp³-hybridized carbons (Fsp3) is 0.400. The number of thioether (sulfide) groups is 1. The smallest absolute Gasteiger partial charge is 0.181 e. The molecule has 0 unspecified atom stereocenters. The van der Waals surface area contributed by atoms with E-state index in [4.69, 9.17) is 4.42 Å². The zero-order valence-corrected chi connectivity index (χ0v) is 12.7.